The van der Waals surface area contributed by atoms with Gasteiger partial charge in [0.1, 0.15) is 0 Å². The summed E-state index contributed by atoms with van der Waals surface area (Å²) in [6.07, 6.45) is 0.684. The topological polar surface area (TPSA) is 57.6 Å². The Hall–Kier alpha value is -0.620. The van der Waals surface area contributed by atoms with Crippen LogP contribution in [0.15, 0.2) is 29.2 Å². The van der Waals surface area contributed by atoms with Gasteiger partial charge in [-0.05, 0) is 30.5 Å². The molecule has 6 heteroatoms. The highest BCUT2D eigenvalue weighted by Gasteiger charge is 2.31. The lowest BCUT2D eigenvalue weighted by Crippen LogP contribution is -2.29. The molecule has 1 aromatic rings. The smallest absolute Gasteiger partial charge is 0.243 e. The van der Waals surface area contributed by atoms with Crippen molar-refractivity contribution < 1.29 is 13.5 Å². The van der Waals surface area contributed by atoms with E-state index in [9.17, 15) is 13.5 Å². The molecule has 1 heterocycles. The molecule has 1 aliphatic rings. The van der Waals surface area contributed by atoms with Crippen LogP contribution in [0.5, 0.6) is 0 Å². The first kappa shape index (κ1) is 13.8. The van der Waals surface area contributed by atoms with E-state index in [-0.39, 0.29) is 11.4 Å². The normalized spacial score (nSPS) is 21.3. The number of aliphatic hydroxyl groups is 1. The van der Waals surface area contributed by atoms with Crippen molar-refractivity contribution in [3.63, 3.8) is 0 Å². The van der Waals surface area contributed by atoms with E-state index < -0.39 is 16.1 Å². The summed E-state index contributed by atoms with van der Waals surface area (Å²) in [5.74, 6) is 0.518. The Morgan fingerprint density at radius 1 is 1.33 bits per heavy atom. The van der Waals surface area contributed by atoms with E-state index in [0.29, 0.717) is 18.8 Å². The monoisotopic (exact) mass is 289 g/mol. The van der Waals surface area contributed by atoms with Crippen molar-refractivity contribution >= 4 is 21.6 Å². The number of alkyl halides is 1. The first-order valence-electron chi connectivity index (χ1n) is 5.87. The van der Waals surface area contributed by atoms with Crippen molar-refractivity contribution in [2.45, 2.75) is 23.8 Å². The van der Waals surface area contributed by atoms with E-state index in [1.54, 1.807) is 24.3 Å². The third kappa shape index (κ3) is 2.85. The minimum atomic E-state index is -3.46. The lowest BCUT2D eigenvalue weighted by molar-refractivity contribution is 0.189. The van der Waals surface area contributed by atoms with Gasteiger partial charge in [0.05, 0.1) is 11.0 Å². The Balaban J connectivity index is 2.19. The minimum absolute atomic E-state index is 0.186. The summed E-state index contributed by atoms with van der Waals surface area (Å²) in [5, 5.41) is 9.40. The molecular formula is C12H16ClNO3S. The van der Waals surface area contributed by atoms with Crippen LogP contribution < -0.4 is 0 Å². The van der Waals surface area contributed by atoms with E-state index in [2.05, 4.69) is 0 Å². The zero-order chi connectivity index (χ0) is 13.2. The molecule has 0 bridgehead atoms. The summed E-state index contributed by atoms with van der Waals surface area (Å²) in [4.78, 5) is 0.273. The molecular weight excluding hydrogens is 274 g/mol. The van der Waals surface area contributed by atoms with Crippen molar-refractivity contribution in [1.29, 1.82) is 0 Å². The fraction of sp³-hybridized carbons (Fsp3) is 0.500. The standard InChI is InChI=1S/C12H16ClNO3S/c13-7-5-10-1-3-12(4-2-10)18(16,17)14-8-6-11(15)9-14/h1-4,11,15H,5-9H2/t11-/m1/s1. The van der Waals surface area contributed by atoms with Crippen LogP contribution >= 0.6 is 11.6 Å². The number of halogens is 1. The van der Waals surface area contributed by atoms with Crippen LogP contribution in [0.3, 0.4) is 0 Å². The Morgan fingerprint density at radius 2 is 2.00 bits per heavy atom. The van der Waals surface area contributed by atoms with Gasteiger partial charge in [0, 0.05) is 19.0 Å². The van der Waals surface area contributed by atoms with Gasteiger partial charge in [-0.2, -0.15) is 4.31 Å². The van der Waals surface area contributed by atoms with Gasteiger partial charge < -0.3 is 5.11 Å². The molecule has 1 atom stereocenters. The predicted octanol–water partition coefficient (Wildman–Crippen LogP) is 1.22. The summed E-state index contributed by atoms with van der Waals surface area (Å²) in [5.41, 5.74) is 1.02. The van der Waals surface area contributed by atoms with Crippen LogP contribution in [-0.4, -0.2) is 42.9 Å². The number of hydrogen-bond acceptors (Lipinski definition) is 3. The second kappa shape index (κ2) is 5.57. The Labute approximate surface area is 112 Å². The lowest BCUT2D eigenvalue weighted by atomic mass is 10.2. The maximum atomic E-state index is 12.2. The van der Waals surface area contributed by atoms with E-state index in [1.165, 1.54) is 4.31 Å². The SMILES string of the molecule is O=S(=O)(c1ccc(CCCl)cc1)N1CC[C@@H](O)C1. The van der Waals surface area contributed by atoms with Crippen LogP contribution in [0.25, 0.3) is 0 Å². The summed E-state index contributed by atoms with van der Waals surface area (Å²) in [6, 6.07) is 6.76. The van der Waals surface area contributed by atoms with Gasteiger partial charge >= 0.3 is 0 Å². The molecule has 0 amide bonds. The van der Waals surface area contributed by atoms with E-state index in [1.807, 2.05) is 0 Å². The van der Waals surface area contributed by atoms with Crippen molar-refractivity contribution in [1.82, 2.24) is 4.31 Å². The van der Waals surface area contributed by atoms with Crippen LogP contribution in [0.1, 0.15) is 12.0 Å². The van der Waals surface area contributed by atoms with Crippen LogP contribution in [0.2, 0.25) is 0 Å². The largest absolute Gasteiger partial charge is 0.392 e. The molecule has 1 saturated heterocycles. The van der Waals surface area contributed by atoms with Gasteiger partial charge in [-0.3, -0.25) is 0 Å². The van der Waals surface area contributed by atoms with Crippen LogP contribution in [-0.2, 0) is 16.4 Å². The predicted molar refractivity (Wildman–Crippen MR) is 70.2 cm³/mol. The molecule has 1 aliphatic heterocycles. The molecule has 0 radical (unpaired) electrons. The second-order valence-electron chi connectivity index (χ2n) is 4.39. The fourth-order valence-electron chi connectivity index (χ4n) is 2.02. The zero-order valence-electron chi connectivity index (χ0n) is 9.92. The Morgan fingerprint density at radius 3 is 2.50 bits per heavy atom. The summed E-state index contributed by atoms with van der Waals surface area (Å²) in [6.45, 7) is 0.568. The highest BCUT2D eigenvalue weighted by Crippen LogP contribution is 2.21. The van der Waals surface area contributed by atoms with E-state index in [0.717, 1.165) is 12.0 Å². The molecule has 4 nitrogen and oxygen atoms in total. The van der Waals surface area contributed by atoms with Crippen LogP contribution in [0.4, 0.5) is 0 Å². The van der Waals surface area contributed by atoms with Gasteiger partial charge in [0.25, 0.3) is 0 Å². The highest BCUT2D eigenvalue weighted by molar-refractivity contribution is 7.89. The molecule has 18 heavy (non-hydrogen) atoms. The molecule has 1 N–H and O–H groups in total. The van der Waals surface area contributed by atoms with Crippen molar-refractivity contribution in [2.24, 2.45) is 0 Å². The molecule has 0 saturated carbocycles. The maximum absolute atomic E-state index is 12.2. The van der Waals surface area contributed by atoms with E-state index in [4.69, 9.17) is 11.6 Å². The van der Waals surface area contributed by atoms with Gasteiger partial charge in [-0.25, -0.2) is 8.42 Å². The second-order valence-corrected chi connectivity index (χ2v) is 6.70. The average Bonchev–Trinajstić information content (AvgIpc) is 2.78. The van der Waals surface area contributed by atoms with Crippen LogP contribution in [0, 0.1) is 0 Å². The zero-order valence-corrected chi connectivity index (χ0v) is 11.5. The number of nitrogens with zero attached hydrogens (tertiary/aromatic N) is 1. The molecule has 0 aromatic heterocycles. The molecule has 1 aromatic carbocycles. The average molecular weight is 290 g/mol. The first-order valence-corrected chi connectivity index (χ1v) is 7.84. The Bertz CT molecular complexity index is 501. The number of aliphatic hydroxyl groups excluding tert-OH is 1. The highest BCUT2D eigenvalue weighted by atomic mass is 35.5. The minimum Gasteiger partial charge on any atom is -0.392 e. The summed E-state index contributed by atoms with van der Waals surface area (Å²) < 4.78 is 25.8. The van der Waals surface area contributed by atoms with Crippen molar-refractivity contribution in [2.75, 3.05) is 19.0 Å². The van der Waals surface area contributed by atoms with Gasteiger partial charge in [-0.15, -0.1) is 11.6 Å². The number of rotatable bonds is 4. The van der Waals surface area contributed by atoms with Crippen molar-refractivity contribution in [3.05, 3.63) is 29.8 Å². The fourth-order valence-corrected chi connectivity index (χ4v) is 3.73. The van der Waals surface area contributed by atoms with E-state index >= 15 is 0 Å². The quantitative estimate of drug-likeness (QED) is 0.848. The Kier molecular flexibility index (Phi) is 4.27. The number of aryl methyl sites for hydroxylation is 1. The lowest BCUT2D eigenvalue weighted by Gasteiger charge is -2.15. The van der Waals surface area contributed by atoms with Gasteiger partial charge in [0.15, 0.2) is 0 Å². The molecule has 0 spiro atoms. The third-order valence-electron chi connectivity index (χ3n) is 3.07. The van der Waals surface area contributed by atoms with Crippen molar-refractivity contribution in [3.8, 4) is 0 Å². The van der Waals surface area contributed by atoms with Gasteiger partial charge in [-0.1, -0.05) is 12.1 Å². The third-order valence-corrected chi connectivity index (χ3v) is 5.14. The summed E-state index contributed by atoms with van der Waals surface area (Å²) in [7, 11) is -3.46. The maximum Gasteiger partial charge on any atom is 0.243 e. The molecule has 0 aliphatic carbocycles. The van der Waals surface area contributed by atoms with Gasteiger partial charge in [0.2, 0.25) is 10.0 Å². The number of benzene rings is 1. The molecule has 100 valence electrons. The summed E-state index contributed by atoms with van der Waals surface area (Å²) >= 11 is 5.63. The molecule has 2 rings (SSSR count). The molecule has 0 unspecified atom stereocenters. The number of β-amino-alcohol motifs (C(OH)–C–C–N with tert-alkyl or cyclic N) is 1. The first-order chi connectivity index (χ1) is 8.54. The molecule has 1 fully saturated rings. The number of sulfonamides is 1. The number of hydrogen-bond donors (Lipinski definition) is 1.